The molecule has 1 fully saturated rings. The molecular weight excluding hydrogens is 280 g/mol. The number of nitrogens with zero attached hydrogens (tertiary/aromatic N) is 3. The van der Waals surface area contributed by atoms with Crippen molar-refractivity contribution in [3.8, 4) is 11.5 Å². The highest BCUT2D eigenvalue weighted by Crippen LogP contribution is 2.38. The molecule has 1 heterocycles. The third-order valence-corrected chi connectivity index (χ3v) is 4.29. The third kappa shape index (κ3) is 2.39. The van der Waals surface area contributed by atoms with Crippen molar-refractivity contribution >= 4 is 11.6 Å². The van der Waals surface area contributed by atoms with E-state index < -0.39 is 5.54 Å². The molecule has 6 heteroatoms. The van der Waals surface area contributed by atoms with Crippen LogP contribution >= 0.6 is 0 Å². The Hall–Kier alpha value is -2.21. The Kier molecular flexibility index (Phi) is 3.70. The Balaban J connectivity index is 1.97. The maximum absolute atomic E-state index is 12.0. The summed E-state index contributed by atoms with van der Waals surface area (Å²) in [6.07, 6.45) is 3.28. The summed E-state index contributed by atoms with van der Waals surface area (Å²) in [7, 11) is 1.75. The van der Waals surface area contributed by atoms with E-state index in [9.17, 15) is 4.79 Å². The molecule has 0 bridgehead atoms. The summed E-state index contributed by atoms with van der Waals surface area (Å²) in [6, 6.07) is 7.50. The van der Waals surface area contributed by atoms with Crippen molar-refractivity contribution in [1.29, 1.82) is 0 Å². The first-order chi connectivity index (χ1) is 10.5. The maximum atomic E-state index is 12.0. The Morgan fingerprint density at radius 2 is 2.14 bits per heavy atom. The Labute approximate surface area is 129 Å². The average Bonchev–Trinajstić information content (AvgIpc) is 3.01. The number of hydrogen-bond donors (Lipinski definition) is 1. The van der Waals surface area contributed by atoms with Crippen LogP contribution in [0.3, 0.4) is 0 Å². The molecule has 0 aliphatic heterocycles. The zero-order chi connectivity index (χ0) is 15.7. The van der Waals surface area contributed by atoms with Gasteiger partial charge in [-0.3, -0.25) is 4.79 Å². The van der Waals surface area contributed by atoms with Crippen LogP contribution in [0.1, 0.15) is 38.4 Å². The van der Waals surface area contributed by atoms with Gasteiger partial charge in [-0.05, 0) is 31.4 Å². The van der Waals surface area contributed by atoms with Crippen molar-refractivity contribution < 1.29 is 9.32 Å². The van der Waals surface area contributed by atoms with Crippen LogP contribution in [0.5, 0.6) is 0 Å². The molecular formula is C16H20N4O2. The van der Waals surface area contributed by atoms with E-state index in [2.05, 4.69) is 10.1 Å². The van der Waals surface area contributed by atoms with Crippen LogP contribution in [0.15, 0.2) is 28.8 Å². The van der Waals surface area contributed by atoms with Gasteiger partial charge in [0.25, 0.3) is 5.89 Å². The Morgan fingerprint density at radius 1 is 1.41 bits per heavy atom. The number of rotatable bonds is 4. The molecule has 0 radical (unpaired) electrons. The summed E-state index contributed by atoms with van der Waals surface area (Å²) in [5, 5.41) is 4.04. The van der Waals surface area contributed by atoms with Gasteiger partial charge in [-0.1, -0.05) is 24.2 Å². The Morgan fingerprint density at radius 3 is 2.77 bits per heavy atom. The highest BCUT2D eigenvalue weighted by molar-refractivity contribution is 5.96. The molecule has 116 valence electrons. The molecule has 1 saturated carbocycles. The minimum atomic E-state index is -0.457. The van der Waals surface area contributed by atoms with E-state index in [1.165, 1.54) is 0 Å². The second kappa shape index (κ2) is 5.53. The van der Waals surface area contributed by atoms with E-state index >= 15 is 0 Å². The van der Waals surface area contributed by atoms with Crippen LogP contribution in [0.2, 0.25) is 0 Å². The highest BCUT2D eigenvalue weighted by Gasteiger charge is 2.39. The molecule has 1 aromatic heterocycles. The number of carbonyl (C=O) groups is 1. The molecule has 1 aliphatic carbocycles. The van der Waals surface area contributed by atoms with E-state index in [1.807, 2.05) is 31.2 Å². The number of amides is 1. The monoisotopic (exact) mass is 300 g/mol. The smallest absolute Gasteiger partial charge is 0.260 e. The van der Waals surface area contributed by atoms with Gasteiger partial charge in [0.15, 0.2) is 5.82 Å². The van der Waals surface area contributed by atoms with E-state index in [4.69, 9.17) is 10.3 Å². The van der Waals surface area contributed by atoms with Gasteiger partial charge in [-0.25, -0.2) is 0 Å². The fourth-order valence-electron chi connectivity index (χ4n) is 2.63. The summed E-state index contributed by atoms with van der Waals surface area (Å²) < 4.78 is 5.40. The molecule has 3 rings (SSSR count). The first-order valence-electron chi connectivity index (χ1n) is 7.54. The van der Waals surface area contributed by atoms with Crippen molar-refractivity contribution in [1.82, 2.24) is 10.1 Å². The number of carbonyl (C=O) groups excluding carboxylic acids is 1. The molecule has 0 saturated heterocycles. The SMILES string of the molecule is CCC(=O)N(C)c1ccccc1-c1nc(C2(N)CCC2)no1. The fraction of sp³-hybridized carbons (Fsp3) is 0.438. The summed E-state index contributed by atoms with van der Waals surface area (Å²) in [6.45, 7) is 1.83. The lowest BCUT2D eigenvalue weighted by atomic mass is 9.77. The van der Waals surface area contributed by atoms with E-state index in [-0.39, 0.29) is 5.91 Å². The predicted octanol–water partition coefficient (Wildman–Crippen LogP) is 2.45. The quantitative estimate of drug-likeness (QED) is 0.937. The summed E-state index contributed by atoms with van der Waals surface area (Å²) in [5.74, 6) is 0.979. The number of aromatic nitrogens is 2. The topological polar surface area (TPSA) is 85.2 Å². The zero-order valence-corrected chi connectivity index (χ0v) is 12.9. The fourth-order valence-corrected chi connectivity index (χ4v) is 2.63. The highest BCUT2D eigenvalue weighted by atomic mass is 16.5. The van der Waals surface area contributed by atoms with E-state index in [1.54, 1.807) is 11.9 Å². The number of para-hydroxylation sites is 1. The van der Waals surface area contributed by atoms with Crippen molar-refractivity contribution in [3.63, 3.8) is 0 Å². The lowest BCUT2D eigenvalue weighted by Crippen LogP contribution is -2.44. The van der Waals surface area contributed by atoms with E-state index in [0.717, 1.165) is 30.5 Å². The molecule has 1 aliphatic rings. The van der Waals surface area contributed by atoms with Crippen molar-refractivity contribution in [2.75, 3.05) is 11.9 Å². The zero-order valence-electron chi connectivity index (χ0n) is 12.9. The minimum Gasteiger partial charge on any atom is -0.334 e. The first kappa shape index (κ1) is 14.7. The van der Waals surface area contributed by atoms with Crippen molar-refractivity contribution in [2.24, 2.45) is 5.73 Å². The predicted molar refractivity (Wildman–Crippen MR) is 83.2 cm³/mol. The van der Waals surface area contributed by atoms with Gasteiger partial charge >= 0.3 is 0 Å². The molecule has 6 nitrogen and oxygen atoms in total. The van der Waals surface area contributed by atoms with Gasteiger partial charge in [-0.2, -0.15) is 4.98 Å². The number of benzene rings is 1. The standard InChI is InChI=1S/C16H20N4O2/c1-3-13(21)20(2)12-8-5-4-7-11(12)14-18-15(19-22-14)16(17)9-6-10-16/h4-5,7-8H,3,6,9-10,17H2,1-2H3. The second-order valence-electron chi connectivity index (χ2n) is 5.76. The summed E-state index contributed by atoms with van der Waals surface area (Å²) in [4.78, 5) is 18.0. The first-order valence-corrected chi connectivity index (χ1v) is 7.54. The van der Waals surface area contributed by atoms with Gasteiger partial charge in [0.1, 0.15) is 0 Å². The molecule has 1 aromatic carbocycles. The number of anilines is 1. The molecule has 2 aromatic rings. The van der Waals surface area contributed by atoms with Crippen LogP contribution in [0.4, 0.5) is 5.69 Å². The van der Waals surface area contributed by atoms with Gasteiger partial charge in [-0.15, -0.1) is 0 Å². The number of nitrogens with two attached hydrogens (primary N) is 1. The van der Waals surface area contributed by atoms with Gasteiger partial charge in [0, 0.05) is 13.5 Å². The van der Waals surface area contributed by atoms with Crippen molar-refractivity contribution in [3.05, 3.63) is 30.1 Å². The van der Waals surface area contributed by atoms with Gasteiger partial charge < -0.3 is 15.2 Å². The van der Waals surface area contributed by atoms with Crippen LogP contribution in [0.25, 0.3) is 11.5 Å². The van der Waals surface area contributed by atoms with Gasteiger partial charge in [0.2, 0.25) is 5.91 Å². The normalized spacial score (nSPS) is 16.1. The summed E-state index contributed by atoms with van der Waals surface area (Å²) >= 11 is 0. The largest absolute Gasteiger partial charge is 0.334 e. The summed E-state index contributed by atoms with van der Waals surface area (Å²) in [5.41, 5.74) is 7.27. The third-order valence-electron chi connectivity index (χ3n) is 4.29. The lowest BCUT2D eigenvalue weighted by molar-refractivity contribution is -0.118. The molecule has 0 unspecified atom stereocenters. The number of hydrogen-bond acceptors (Lipinski definition) is 5. The molecule has 0 atom stereocenters. The Bertz CT molecular complexity index is 691. The van der Waals surface area contributed by atoms with Crippen LogP contribution in [-0.2, 0) is 10.3 Å². The molecule has 0 spiro atoms. The second-order valence-corrected chi connectivity index (χ2v) is 5.76. The molecule has 2 N–H and O–H groups in total. The van der Waals surface area contributed by atoms with Crippen LogP contribution < -0.4 is 10.6 Å². The van der Waals surface area contributed by atoms with Gasteiger partial charge in [0.05, 0.1) is 16.8 Å². The van der Waals surface area contributed by atoms with Crippen LogP contribution in [-0.4, -0.2) is 23.1 Å². The maximum Gasteiger partial charge on any atom is 0.260 e. The van der Waals surface area contributed by atoms with Crippen molar-refractivity contribution in [2.45, 2.75) is 38.1 Å². The van der Waals surface area contributed by atoms with E-state index in [0.29, 0.717) is 18.1 Å². The molecule has 22 heavy (non-hydrogen) atoms. The minimum absolute atomic E-state index is 0.0291. The lowest BCUT2D eigenvalue weighted by Gasteiger charge is -2.34. The van der Waals surface area contributed by atoms with Crippen LogP contribution in [0, 0.1) is 0 Å². The average molecular weight is 300 g/mol. The molecule has 1 amide bonds.